The largest absolute Gasteiger partial charge is 0.457 e. The Kier molecular flexibility index (Phi) is 15.9. The number of carbonyl (C=O) groups is 3. The summed E-state index contributed by atoms with van der Waals surface area (Å²) in [7, 11) is 1.43. The first kappa shape index (κ1) is 44.6. The molecular formula is C41H64O15. The molecule has 318 valence electrons. The molecular weight excluding hydrogens is 732 g/mol. The fourth-order valence-electron chi connectivity index (χ4n) is 8.66. The molecule has 5 heterocycles. The van der Waals surface area contributed by atoms with Gasteiger partial charge in [-0.05, 0) is 50.9 Å². The minimum atomic E-state index is -2.67. The van der Waals surface area contributed by atoms with Crippen LogP contribution in [0.2, 0.25) is 0 Å². The molecule has 15 heteroatoms. The molecule has 6 bridgehead atoms. The Bertz CT molecular complexity index is 1370. The number of esters is 3. The number of rotatable bonds is 9. The van der Waals surface area contributed by atoms with Crippen molar-refractivity contribution >= 4 is 17.9 Å². The summed E-state index contributed by atoms with van der Waals surface area (Å²) in [5, 5.41) is 45.4. The van der Waals surface area contributed by atoms with Crippen LogP contribution in [-0.2, 0) is 52.3 Å². The van der Waals surface area contributed by atoms with E-state index in [1.165, 1.54) is 7.11 Å². The van der Waals surface area contributed by atoms with Gasteiger partial charge in [-0.2, -0.15) is 0 Å². The number of allylic oxidation sites excluding steroid dienone is 3. The van der Waals surface area contributed by atoms with Gasteiger partial charge >= 0.3 is 17.9 Å². The van der Waals surface area contributed by atoms with Crippen LogP contribution in [0.5, 0.6) is 0 Å². The van der Waals surface area contributed by atoms with Crippen LogP contribution >= 0.6 is 0 Å². The number of aliphatic hydroxyl groups excluding tert-OH is 3. The number of aliphatic hydroxyl groups is 4. The Morgan fingerprint density at radius 3 is 2.12 bits per heavy atom. The van der Waals surface area contributed by atoms with E-state index in [-0.39, 0.29) is 50.0 Å². The van der Waals surface area contributed by atoms with E-state index in [9.17, 15) is 34.8 Å². The topological polar surface area (TPSA) is 206 Å². The van der Waals surface area contributed by atoms with Crippen molar-refractivity contribution in [3.63, 3.8) is 0 Å². The van der Waals surface area contributed by atoms with Crippen molar-refractivity contribution in [3.8, 4) is 0 Å². The van der Waals surface area contributed by atoms with Crippen LogP contribution < -0.4 is 0 Å². The van der Waals surface area contributed by atoms with Gasteiger partial charge in [0.25, 0.3) is 0 Å². The van der Waals surface area contributed by atoms with Gasteiger partial charge in [0.05, 0.1) is 48.8 Å². The Morgan fingerprint density at radius 2 is 1.46 bits per heavy atom. The van der Waals surface area contributed by atoms with E-state index in [1.807, 2.05) is 39.0 Å². The standard InChI is InChI=1S/C41H64O15/c1-7-12-33(44)55-35-24(5)50-39(37(49-6)36(35)56-34(45)13-8-2)52-26-18-25-16-22(3)14-10-9-11-15-29-23(4)17-30(53-29)28(42)21-31-38(46)41(48,40(47)54-31)32(43)20-27(19-26)51-25/h9-11,14,22-32,35-39,42-43,46,48H,7-8,12-13,15-21H2,1-6H3/b11-9-,14-10-/t22-,23+,24-,25+,26-,27-,28+,29+,30+,31+,32-,35+,36+,37+,38?,39-,41+/m0/s1. The van der Waals surface area contributed by atoms with E-state index in [0.717, 1.165) is 0 Å². The van der Waals surface area contributed by atoms with Gasteiger partial charge in [-0.3, -0.25) is 9.59 Å². The Hall–Kier alpha value is -2.47. The summed E-state index contributed by atoms with van der Waals surface area (Å²) in [6, 6.07) is 0. The van der Waals surface area contributed by atoms with Crippen molar-refractivity contribution in [2.45, 2.75) is 196 Å². The molecule has 0 spiro atoms. The average molecular weight is 797 g/mol. The summed E-state index contributed by atoms with van der Waals surface area (Å²) in [6.45, 7) is 9.52. The van der Waals surface area contributed by atoms with Crippen molar-refractivity contribution in [1.29, 1.82) is 0 Å². The summed E-state index contributed by atoms with van der Waals surface area (Å²) in [6.07, 6.45) is -1.67. The molecule has 4 N–H and O–H groups in total. The number of hydrogen-bond donors (Lipinski definition) is 4. The van der Waals surface area contributed by atoms with Gasteiger partial charge in [-0.15, -0.1) is 0 Å². The molecule has 0 aromatic carbocycles. The third-order valence-corrected chi connectivity index (χ3v) is 11.8. The zero-order valence-corrected chi connectivity index (χ0v) is 33.6. The predicted molar refractivity (Wildman–Crippen MR) is 199 cm³/mol. The van der Waals surface area contributed by atoms with Crippen molar-refractivity contribution in [1.82, 2.24) is 0 Å². The van der Waals surface area contributed by atoms with Gasteiger partial charge in [-0.1, -0.05) is 52.0 Å². The molecule has 0 radical (unpaired) electrons. The summed E-state index contributed by atoms with van der Waals surface area (Å²) in [5.74, 6) is -1.91. The maximum absolute atomic E-state index is 13.2. The molecule has 56 heavy (non-hydrogen) atoms. The van der Waals surface area contributed by atoms with Gasteiger partial charge in [0.1, 0.15) is 18.3 Å². The second-order valence-corrected chi connectivity index (χ2v) is 16.4. The van der Waals surface area contributed by atoms with E-state index >= 15 is 0 Å². The molecule has 1 unspecified atom stereocenters. The lowest BCUT2D eigenvalue weighted by atomic mass is 9.83. The molecule has 4 fully saturated rings. The van der Waals surface area contributed by atoms with Crippen molar-refractivity contribution in [2.24, 2.45) is 11.8 Å². The van der Waals surface area contributed by atoms with Gasteiger partial charge < -0.3 is 58.3 Å². The maximum atomic E-state index is 13.2. The van der Waals surface area contributed by atoms with E-state index in [2.05, 4.69) is 13.0 Å². The first-order valence-corrected chi connectivity index (χ1v) is 20.5. The number of fused-ring (bicyclic) bond motifs is 6. The van der Waals surface area contributed by atoms with Crippen LogP contribution in [0, 0.1) is 11.8 Å². The van der Waals surface area contributed by atoms with Crippen LogP contribution in [0.3, 0.4) is 0 Å². The zero-order valence-electron chi connectivity index (χ0n) is 33.6. The number of carbonyl (C=O) groups excluding carboxylic acids is 3. The lowest BCUT2D eigenvalue weighted by Crippen LogP contribution is -2.61. The van der Waals surface area contributed by atoms with Crippen LogP contribution in [0.25, 0.3) is 0 Å². The summed E-state index contributed by atoms with van der Waals surface area (Å²) >= 11 is 0. The molecule has 0 amide bonds. The highest BCUT2D eigenvalue weighted by Crippen LogP contribution is 2.39. The average Bonchev–Trinajstić information content (AvgIpc) is 3.61. The Labute approximate surface area is 329 Å². The quantitative estimate of drug-likeness (QED) is 0.196. The summed E-state index contributed by atoms with van der Waals surface area (Å²) in [4.78, 5) is 38.6. The van der Waals surface area contributed by atoms with Crippen molar-refractivity contribution in [2.75, 3.05) is 7.11 Å². The van der Waals surface area contributed by atoms with Gasteiger partial charge in [0.2, 0.25) is 5.60 Å². The zero-order chi connectivity index (χ0) is 40.7. The van der Waals surface area contributed by atoms with Gasteiger partial charge in [0.15, 0.2) is 18.5 Å². The van der Waals surface area contributed by atoms with Crippen LogP contribution in [0.15, 0.2) is 24.3 Å². The normalized spacial score (nSPS) is 44.6. The summed E-state index contributed by atoms with van der Waals surface area (Å²) in [5.41, 5.74) is -2.67. The smallest absolute Gasteiger partial charge is 0.344 e. The molecule has 0 aromatic heterocycles. The third kappa shape index (κ3) is 10.6. The molecule has 5 rings (SSSR count). The lowest BCUT2D eigenvalue weighted by molar-refractivity contribution is -0.319. The van der Waals surface area contributed by atoms with Crippen molar-refractivity contribution < 1.29 is 72.7 Å². The highest BCUT2D eigenvalue weighted by atomic mass is 16.7. The molecule has 17 atom stereocenters. The molecule has 0 aromatic rings. The van der Waals surface area contributed by atoms with E-state index in [0.29, 0.717) is 38.5 Å². The van der Waals surface area contributed by atoms with Crippen molar-refractivity contribution in [3.05, 3.63) is 24.3 Å². The monoisotopic (exact) mass is 796 g/mol. The minimum Gasteiger partial charge on any atom is -0.457 e. The Balaban J connectivity index is 1.38. The minimum absolute atomic E-state index is 0.0518. The van der Waals surface area contributed by atoms with E-state index in [1.54, 1.807) is 6.92 Å². The maximum Gasteiger partial charge on any atom is 0.344 e. The van der Waals surface area contributed by atoms with Crippen LogP contribution in [0.4, 0.5) is 0 Å². The number of methoxy groups -OCH3 is 1. The second-order valence-electron chi connectivity index (χ2n) is 16.4. The molecule has 5 aliphatic rings. The van der Waals surface area contributed by atoms with Crippen LogP contribution in [-0.4, -0.2) is 137 Å². The number of hydrogen-bond acceptors (Lipinski definition) is 15. The fraction of sp³-hybridized carbons (Fsp3) is 0.829. The number of ether oxygens (including phenoxy) is 8. The predicted octanol–water partition coefficient (Wildman–Crippen LogP) is 2.96. The molecule has 15 nitrogen and oxygen atoms in total. The molecule has 0 aliphatic carbocycles. The van der Waals surface area contributed by atoms with Crippen LogP contribution in [0.1, 0.15) is 105 Å². The Morgan fingerprint density at radius 1 is 0.804 bits per heavy atom. The lowest BCUT2D eigenvalue weighted by Gasteiger charge is -2.46. The van der Waals surface area contributed by atoms with Gasteiger partial charge in [-0.25, -0.2) is 4.79 Å². The van der Waals surface area contributed by atoms with E-state index < -0.39 is 103 Å². The third-order valence-electron chi connectivity index (χ3n) is 11.8. The molecule has 0 saturated carbocycles. The first-order valence-electron chi connectivity index (χ1n) is 20.5. The molecule has 5 aliphatic heterocycles. The fourth-order valence-corrected chi connectivity index (χ4v) is 8.66. The second kappa shape index (κ2) is 20.0. The highest BCUT2D eigenvalue weighted by molar-refractivity contribution is 5.83. The van der Waals surface area contributed by atoms with Gasteiger partial charge in [0, 0.05) is 45.6 Å². The molecule has 4 saturated heterocycles. The SMILES string of the molecule is CCCC(=O)O[C@H]1[C@@H](OC)[C@H](O[C@H]2C[C@H]3C[C@@H](C)/C=C\C=C/C[C@H]4O[C@H](C[C@H]4C)[C@H](O)C[C@H]4OC(=O)[C@](O)(C4O)[C@@H](O)C[C@H](C2)O3)O[C@@H](C)[C@H]1OC(=O)CCC. The highest BCUT2D eigenvalue weighted by Gasteiger charge is 2.61. The van der Waals surface area contributed by atoms with E-state index in [4.69, 9.17) is 37.9 Å². The first-order chi connectivity index (χ1) is 26.7. The summed E-state index contributed by atoms with van der Waals surface area (Å²) < 4.78 is 48.4.